The van der Waals surface area contributed by atoms with Crippen LogP contribution in [0.15, 0.2) is 34.9 Å². The summed E-state index contributed by atoms with van der Waals surface area (Å²) in [6.07, 6.45) is 1.29. The minimum atomic E-state index is -2.76. The van der Waals surface area contributed by atoms with E-state index in [4.69, 9.17) is 0 Å². The molecule has 2 atom stereocenters. The maximum absolute atomic E-state index is 13.1. The van der Waals surface area contributed by atoms with E-state index >= 15 is 0 Å². The first kappa shape index (κ1) is 17.1. The monoisotopic (exact) mass is 286 g/mol. The lowest BCUT2D eigenvalue weighted by Crippen LogP contribution is -2.51. The maximum Gasteiger partial charge on any atom is 0.262 e. The third kappa shape index (κ3) is 2.86. The van der Waals surface area contributed by atoms with Crippen LogP contribution in [0.4, 0.5) is 8.78 Å². The van der Waals surface area contributed by atoms with E-state index in [1.54, 1.807) is 26.0 Å². The summed E-state index contributed by atoms with van der Waals surface area (Å²) in [6.45, 7) is 8.76. The topological polar surface area (TPSA) is 40.5 Å². The van der Waals surface area contributed by atoms with Gasteiger partial charge in [-0.3, -0.25) is 0 Å². The zero-order chi connectivity index (χ0) is 15.7. The molecule has 1 rings (SSSR count). The van der Waals surface area contributed by atoms with Crippen molar-refractivity contribution in [1.82, 2.24) is 0 Å². The molecule has 4 heteroatoms. The van der Waals surface area contributed by atoms with Gasteiger partial charge in [0.2, 0.25) is 0 Å². The van der Waals surface area contributed by atoms with Gasteiger partial charge in [-0.25, -0.2) is 8.78 Å². The Morgan fingerprint density at radius 2 is 1.95 bits per heavy atom. The SMILES string of the molecule is C/C=C(C)\C=C\C1(O)C(C)=C(C(F)F)C(O)CC1(C)C. The fourth-order valence-corrected chi connectivity index (χ4v) is 2.73. The molecule has 0 aromatic heterocycles. The Morgan fingerprint density at radius 1 is 1.40 bits per heavy atom. The number of hydrogen-bond acceptors (Lipinski definition) is 2. The van der Waals surface area contributed by atoms with Crippen molar-refractivity contribution in [3.8, 4) is 0 Å². The van der Waals surface area contributed by atoms with E-state index in [2.05, 4.69) is 0 Å². The van der Waals surface area contributed by atoms with Gasteiger partial charge in [-0.15, -0.1) is 0 Å². The zero-order valence-electron chi connectivity index (χ0n) is 12.7. The van der Waals surface area contributed by atoms with Gasteiger partial charge >= 0.3 is 0 Å². The molecule has 0 saturated heterocycles. The number of rotatable bonds is 3. The van der Waals surface area contributed by atoms with Crippen LogP contribution in [0.5, 0.6) is 0 Å². The molecule has 1 aliphatic carbocycles. The van der Waals surface area contributed by atoms with Crippen molar-refractivity contribution in [1.29, 1.82) is 0 Å². The normalized spacial score (nSPS) is 31.5. The number of alkyl halides is 2. The number of halogens is 2. The predicted octanol–water partition coefficient (Wildman–Crippen LogP) is 3.61. The lowest BCUT2D eigenvalue weighted by Gasteiger charge is -2.48. The lowest BCUT2D eigenvalue weighted by atomic mass is 9.62. The minimum absolute atomic E-state index is 0.0970. The van der Waals surface area contributed by atoms with Gasteiger partial charge in [0.05, 0.1) is 6.10 Å². The molecule has 0 amide bonds. The van der Waals surface area contributed by atoms with E-state index in [1.807, 2.05) is 19.9 Å². The summed E-state index contributed by atoms with van der Waals surface area (Å²) in [4.78, 5) is 0. The first-order valence-corrected chi connectivity index (χ1v) is 6.78. The molecule has 0 aromatic carbocycles. The van der Waals surface area contributed by atoms with Crippen LogP contribution in [0.3, 0.4) is 0 Å². The Balaban J connectivity index is 3.41. The Hall–Kier alpha value is -1.00. The highest BCUT2D eigenvalue weighted by molar-refractivity contribution is 5.39. The molecule has 0 saturated carbocycles. The van der Waals surface area contributed by atoms with Crippen LogP contribution < -0.4 is 0 Å². The highest BCUT2D eigenvalue weighted by Gasteiger charge is 2.50. The maximum atomic E-state index is 13.1. The van der Waals surface area contributed by atoms with Gasteiger partial charge < -0.3 is 10.2 Å². The van der Waals surface area contributed by atoms with Gasteiger partial charge in [0.15, 0.2) is 0 Å². The molecular formula is C16H24F2O2. The second-order valence-corrected chi connectivity index (χ2v) is 6.12. The second kappa shape index (κ2) is 5.78. The number of aliphatic hydroxyl groups is 2. The van der Waals surface area contributed by atoms with Gasteiger partial charge in [0, 0.05) is 11.0 Å². The average Bonchev–Trinajstić information content (AvgIpc) is 2.32. The predicted molar refractivity (Wildman–Crippen MR) is 76.6 cm³/mol. The van der Waals surface area contributed by atoms with Crippen LogP contribution >= 0.6 is 0 Å². The summed E-state index contributed by atoms with van der Waals surface area (Å²) in [5.41, 5.74) is -1.47. The van der Waals surface area contributed by atoms with Crippen molar-refractivity contribution in [2.45, 2.75) is 59.2 Å². The number of aliphatic hydroxyl groups excluding tert-OH is 1. The first-order valence-electron chi connectivity index (χ1n) is 6.78. The van der Waals surface area contributed by atoms with E-state index in [0.29, 0.717) is 0 Å². The van der Waals surface area contributed by atoms with Crippen LogP contribution in [-0.2, 0) is 0 Å². The molecule has 114 valence electrons. The van der Waals surface area contributed by atoms with Crippen LogP contribution in [0.2, 0.25) is 0 Å². The van der Waals surface area contributed by atoms with Crippen LogP contribution in [0, 0.1) is 5.41 Å². The van der Waals surface area contributed by atoms with E-state index < -0.39 is 23.5 Å². The zero-order valence-corrected chi connectivity index (χ0v) is 12.7. The smallest absolute Gasteiger partial charge is 0.262 e. The summed E-state index contributed by atoms with van der Waals surface area (Å²) in [7, 11) is 0. The highest BCUT2D eigenvalue weighted by atomic mass is 19.3. The van der Waals surface area contributed by atoms with E-state index in [-0.39, 0.29) is 17.6 Å². The summed E-state index contributed by atoms with van der Waals surface area (Å²) in [5, 5.41) is 20.8. The van der Waals surface area contributed by atoms with Gasteiger partial charge in [-0.05, 0) is 38.8 Å². The van der Waals surface area contributed by atoms with Crippen LogP contribution in [-0.4, -0.2) is 28.3 Å². The molecule has 0 spiro atoms. The highest BCUT2D eigenvalue weighted by Crippen LogP contribution is 2.48. The molecule has 1 aliphatic rings. The standard InChI is InChI=1S/C16H24F2O2/c1-6-10(2)7-8-16(20)11(3)13(14(17)18)12(19)9-15(16,4)5/h6-8,12,14,19-20H,9H2,1-5H3/b8-7+,10-6-. The van der Waals surface area contributed by atoms with Crippen LogP contribution in [0.1, 0.15) is 41.0 Å². The minimum Gasteiger partial charge on any atom is -0.389 e. The molecule has 0 aliphatic heterocycles. The van der Waals surface area contributed by atoms with Crippen molar-refractivity contribution in [2.75, 3.05) is 0 Å². The summed E-state index contributed by atoms with van der Waals surface area (Å²) in [6, 6.07) is 0. The molecule has 2 N–H and O–H groups in total. The van der Waals surface area contributed by atoms with Crippen LogP contribution in [0.25, 0.3) is 0 Å². The largest absolute Gasteiger partial charge is 0.389 e. The molecule has 2 nitrogen and oxygen atoms in total. The Morgan fingerprint density at radius 3 is 2.40 bits per heavy atom. The Labute approximate surface area is 119 Å². The number of allylic oxidation sites excluding steroid dienone is 3. The fraction of sp³-hybridized carbons (Fsp3) is 0.625. The van der Waals surface area contributed by atoms with Crippen molar-refractivity contribution < 1.29 is 19.0 Å². The lowest BCUT2D eigenvalue weighted by molar-refractivity contribution is -0.0427. The van der Waals surface area contributed by atoms with Gasteiger partial charge in [0.25, 0.3) is 6.43 Å². The van der Waals surface area contributed by atoms with Gasteiger partial charge in [0.1, 0.15) is 5.60 Å². The average molecular weight is 286 g/mol. The van der Waals surface area contributed by atoms with Gasteiger partial charge in [-0.2, -0.15) is 0 Å². The fourth-order valence-electron chi connectivity index (χ4n) is 2.73. The first-order chi connectivity index (χ1) is 9.06. The Bertz CT molecular complexity index is 461. The second-order valence-electron chi connectivity index (χ2n) is 6.12. The number of hydrogen-bond donors (Lipinski definition) is 2. The molecule has 0 radical (unpaired) electrons. The van der Waals surface area contributed by atoms with Crippen molar-refractivity contribution in [3.05, 3.63) is 34.9 Å². The molecule has 0 bridgehead atoms. The third-order valence-electron chi connectivity index (χ3n) is 4.38. The molecule has 0 aromatic rings. The summed E-state index contributed by atoms with van der Waals surface area (Å²) in [5.74, 6) is 0. The van der Waals surface area contributed by atoms with Crippen molar-refractivity contribution >= 4 is 0 Å². The molecular weight excluding hydrogens is 262 g/mol. The summed E-state index contributed by atoms with van der Waals surface area (Å²) >= 11 is 0. The van der Waals surface area contributed by atoms with Gasteiger partial charge in [-0.1, -0.05) is 31.6 Å². The summed E-state index contributed by atoms with van der Waals surface area (Å²) < 4.78 is 26.2. The molecule has 20 heavy (non-hydrogen) atoms. The van der Waals surface area contributed by atoms with E-state index in [1.165, 1.54) is 6.92 Å². The van der Waals surface area contributed by atoms with Crippen molar-refractivity contribution in [3.63, 3.8) is 0 Å². The van der Waals surface area contributed by atoms with E-state index in [0.717, 1.165) is 5.57 Å². The van der Waals surface area contributed by atoms with E-state index in [9.17, 15) is 19.0 Å². The third-order valence-corrected chi connectivity index (χ3v) is 4.38. The molecule has 2 unspecified atom stereocenters. The molecule has 0 fully saturated rings. The van der Waals surface area contributed by atoms with Crippen molar-refractivity contribution in [2.24, 2.45) is 5.41 Å². The molecule has 0 heterocycles. The quantitative estimate of drug-likeness (QED) is 0.614. The Kier molecular flexibility index (Phi) is 4.93.